The van der Waals surface area contributed by atoms with E-state index in [1.807, 2.05) is 18.7 Å². The van der Waals surface area contributed by atoms with Gasteiger partial charge in [-0.3, -0.25) is 10.1 Å². The molecule has 2 aliphatic rings. The van der Waals surface area contributed by atoms with Gasteiger partial charge in [0.2, 0.25) is 0 Å². The summed E-state index contributed by atoms with van der Waals surface area (Å²) >= 11 is 0. The zero-order valence-corrected chi connectivity index (χ0v) is 13.0. The summed E-state index contributed by atoms with van der Waals surface area (Å²) in [4.78, 5) is 12.2. The Hall–Kier alpha value is -1.69. The largest absolute Gasteiger partial charge is 0.365 e. The molecule has 1 saturated heterocycles. The maximum Gasteiger partial charge on any atom is 0.272 e. The minimum absolute atomic E-state index is 0.212. The van der Waals surface area contributed by atoms with Gasteiger partial charge in [0.05, 0.1) is 27.9 Å². The van der Waals surface area contributed by atoms with Crippen molar-refractivity contribution in [2.24, 2.45) is 0 Å². The molecule has 120 valence electrons. The van der Waals surface area contributed by atoms with Crippen LogP contribution in [0.5, 0.6) is 0 Å². The summed E-state index contributed by atoms with van der Waals surface area (Å²) in [5, 5.41) is 10.8. The summed E-state index contributed by atoms with van der Waals surface area (Å²) in [5.74, 6) is -0.542. The lowest BCUT2D eigenvalue weighted by Crippen LogP contribution is -2.59. The Morgan fingerprint density at radius 1 is 1.27 bits per heavy atom. The molecule has 1 aromatic carbocycles. The number of non-ortho nitro benzene ring substituents is 1. The molecule has 0 bridgehead atoms. The number of nitrogens with zero attached hydrogens (tertiary/aromatic N) is 2. The molecule has 0 radical (unpaired) electrons. The first-order valence-electron chi connectivity index (χ1n) is 7.69. The van der Waals surface area contributed by atoms with E-state index < -0.39 is 10.7 Å². The number of hydrogen-bond donors (Lipinski definition) is 0. The smallest absolute Gasteiger partial charge is 0.272 e. The lowest BCUT2D eigenvalue weighted by atomic mass is 9.93. The Labute approximate surface area is 129 Å². The van der Waals surface area contributed by atoms with Gasteiger partial charge in [0.25, 0.3) is 5.69 Å². The van der Waals surface area contributed by atoms with Crippen molar-refractivity contribution >= 4 is 11.4 Å². The van der Waals surface area contributed by atoms with E-state index in [2.05, 4.69) is 0 Å². The van der Waals surface area contributed by atoms with Crippen LogP contribution in [0.25, 0.3) is 0 Å². The molecule has 1 aliphatic carbocycles. The van der Waals surface area contributed by atoms with Gasteiger partial charge >= 0.3 is 0 Å². The highest BCUT2D eigenvalue weighted by Crippen LogP contribution is 2.42. The zero-order chi connectivity index (χ0) is 16.0. The van der Waals surface area contributed by atoms with Crippen LogP contribution in [0.4, 0.5) is 15.8 Å². The molecular formula is C16H21FN2O3. The molecule has 1 saturated carbocycles. The topological polar surface area (TPSA) is 55.6 Å². The van der Waals surface area contributed by atoms with Gasteiger partial charge in [0.15, 0.2) is 5.82 Å². The lowest BCUT2D eigenvalue weighted by molar-refractivity contribution is -0.385. The van der Waals surface area contributed by atoms with Gasteiger partial charge in [-0.15, -0.1) is 0 Å². The van der Waals surface area contributed by atoms with E-state index in [1.165, 1.54) is 12.1 Å². The fourth-order valence-electron chi connectivity index (χ4n) is 3.83. The van der Waals surface area contributed by atoms with Gasteiger partial charge in [0, 0.05) is 19.2 Å². The van der Waals surface area contributed by atoms with Gasteiger partial charge in [-0.1, -0.05) is 12.8 Å². The van der Waals surface area contributed by atoms with Crippen molar-refractivity contribution in [2.45, 2.75) is 50.7 Å². The third-order valence-electron chi connectivity index (χ3n) is 4.54. The second-order valence-corrected chi connectivity index (χ2v) is 7.00. The summed E-state index contributed by atoms with van der Waals surface area (Å²) in [5.41, 5.74) is -0.371. The molecule has 2 fully saturated rings. The lowest BCUT2D eigenvalue weighted by Gasteiger charge is -2.49. The average molecular weight is 308 g/mol. The third kappa shape index (κ3) is 2.79. The predicted molar refractivity (Wildman–Crippen MR) is 81.6 cm³/mol. The molecule has 1 spiro atoms. The standard InChI is InChI=1S/C16H21FN2O3/c1-15(2)10-18(11-16(22-15)7-3-4-8-16)14-6-5-12(19(20)21)9-13(14)17/h5-6,9H,3-4,7-8,10-11H2,1-2H3. The quantitative estimate of drug-likeness (QED) is 0.618. The van der Waals surface area contributed by atoms with Crippen LogP contribution in [0.15, 0.2) is 18.2 Å². The van der Waals surface area contributed by atoms with Crippen molar-refractivity contribution < 1.29 is 14.1 Å². The number of rotatable bonds is 2. The molecule has 1 aromatic rings. The van der Waals surface area contributed by atoms with Crippen molar-refractivity contribution in [3.8, 4) is 0 Å². The molecule has 0 aromatic heterocycles. The highest BCUT2D eigenvalue weighted by Gasteiger charge is 2.46. The first-order valence-corrected chi connectivity index (χ1v) is 7.69. The van der Waals surface area contributed by atoms with Crippen LogP contribution in [0, 0.1) is 15.9 Å². The van der Waals surface area contributed by atoms with Crippen molar-refractivity contribution in [1.82, 2.24) is 0 Å². The van der Waals surface area contributed by atoms with Crippen LogP contribution in [-0.2, 0) is 4.74 Å². The molecule has 5 nitrogen and oxygen atoms in total. The number of morpholine rings is 1. The summed E-state index contributed by atoms with van der Waals surface area (Å²) < 4.78 is 20.6. The minimum Gasteiger partial charge on any atom is -0.365 e. The van der Waals surface area contributed by atoms with E-state index >= 15 is 0 Å². The van der Waals surface area contributed by atoms with Crippen molar-refractivity contribution in [3.05, 3.63) is 34.1 Å². The van der Waals surface area contributed by atoms with Crippen LogP contribution in [0.2, 0.25) is 0 Å². The summed E-state index contributed by atoms with van der Waals surface area (Å²) in [6.45, 7) is 5.25. The number of nitro benzene ring substituents is 1. The molecule has 3 rings (SSSR count). The number of hydrogen-bond acceptors (Lipinski definition) is 4. The maximum atomic E-state index is 14.3. The molecule has 0 unspecified atom stereocenters. The van der Waals surface area contributed by atoms with E-state index in [9.17, 15) is 14.5 Å². The van der Waals surface area contributed by atoms with E-state index in [0.29, 0.717) is 18.8 Å². The van der Waals surface area contributed by atoms with Crippen LogP contribution in [0.1, 0.15) is 39.5 Å². The van der Waals surface area contributed by atoms with Crippen LogP contribution in [0.3, 0.4) is 0 Å². The van der Waals surface area contributed by atoms with Gasteiger partial charge in [-0.25, -0.2) is 4.39 Å². The fraction of sp³-hybridized carbons (Fsp3) is 0.625. The number of halogens is 1. The van der Waals surface area contributed by atoms with Gasteiger partial charge < -0.3 is 9.64 Å². The van der Waals surface area contributed by atoms with Crippen LogP contribution in [-0.4, -0.2) is 29.2 Å². The van der Waals surface area contributed by atoms with Gasteiger partial charge in [-0.05, 0) is 32.8 Å². The number of anilines is 1. The van der Waals surface area contributed by atoms with Gasteiger partial charge in [-0.2, -0.15) is 0 Å². The Morgan fingerprint density at radius 3 is 2.55 bits per heavy atom. The maximum absolute atomic E-state index is 14.3. The molecule has 0 atom stereocenters. The molecular weight excluding hydrogens is 287 g/mol. The van der Waals surface area contributed by atoms with Crippen molar-refractivity contribution in [3.63, 3.8) is 0 Å². The number of benzene rings is 1. The predicted octanol–water partition coefficient (Wildman–Crippen LogP) is 3.66. The first-order chi connectivity index (χ1) is 10.3. The van der Waals surface area contributed by atoms with E-state index in [-0.39, 0.29) is 16.9 Å². The summed E-state index contributed by atoms with van der Waals surface area (Å²) in [6.07, 6.45) is 4.24. The highest BCUT2D eigenvalue weighted by atomic mass is 19.1. The molecule has 0 N–H and O–H groups in total. The van der Waals surface area contributed by atoms with Crippen molar-refractivity contribution in [2.75, 3.05) is 18.0 Å². The molecule has 22 heavy (non-hydrogen) atoms. The molecule has 1 aliphatic heterocycles. The third-order valence-corrected chi connectivity index (χ3v) is 4.54. The van der Waals surface area contributed by atoms with E-state index in [0.717, 1.165) is 31.7 Å². The first kappa shape index (κ1) is 15.2. The van der Waals surface area contributed by atoms with E-state index in [4.69, 9.17) is 4.74 Å². The SMILES string of the molecule is CC1(C)CN(c2ccc([N+](=O)[O-])cc2F)CC2(CCCC2)O1. The normalized spacial score (nSPS) is 23.0. The summed E-state index contributed by atoms with van der Waals surface area (Å²) in [6, 6.07) is 3.87. The second kappa shape index (κ2) is 5.19. The minimum atomic E-state index is -0.575. The van der Waals surface area contributed by atoms with Crippen LogP contribution >= 0.6 is 0 Å². The molecule has 6 heteroatoms. The number of nitro groups is 1. The Bertz CT molecular complexity index is 597. The number of ether oxygens (including phenoxy) is 1. The molecule has 1 heterocycles. The fourth-order valence-corrected chi connectivity index (χ4v) is 3.83. The Kier molecular flexibility index (Phi) is 3.59. The second-order valence-electron chi connectivity index (χ2n) is 7.00. The van der Waals surface area contributed by atoms with E-state index in [1.54, 1.807) is 0 Å². The average Bonchev–Trinajstić information content (AvgIpc) is 2.83. The van der Waals surface area contributed by atoms with Crippen LogP contribution < -0.4 is 4.90 Å². The highest BCUT2D eigenvalue weighted by molar-refractivity contribution is 5.53. The zero-order valence-electron chi connectivity index (χ0n) is 13.0. The monoisotopic (exact) mass is 308 g/mol. The Morgan fingerprint density at radius 2 is 1.95 bits per heavy atom. The van der Waals surface area contributed by atoms with Gasteiger partial charge in [0.1, 0.15) is 0 Å². The molecule has 0 amide bonds. The summed E-state index contributed by atoms with van der Waals surface area (Å²) in [7, 11) is 0. The van der Waals surface area contributed by atoms with Crippen molar-refractivity contribution in [1.29, 1.82) is 0 Å². The Balaban J connectivity index is 1.91.